The smallest absolute Gasteiger partial charge is 0.261 e. The first-order valence-electron chi connectivity index (χ1n) is 8.81. The van der Waals surface area contributed by atoms with Crippen LogP contribution in [0.1, 0.15) is 45.5 Å². The Morgan fingerprint density at radius 3 is 2.78 bits per heavy atom. The van der Waals surface area contributed by atoms with Crippen molar-refractivity contribution in [2.24, 2.45) is 7.05 Å². The molecule has 1 amide bonds. The van der Waals surface area contributed by atoms with Crippen LogP contribution in [0.4, 0.5) is 4.39 Å². The molecule has 27 heavy (non-hydrogen) atoms. The molecule has 1 aliphatic rings. The highest BCUT2D eigenvalue weighted by Gasteiger charge is 2.24. The fraction of sp³-hybridized carbons (Fsp3) is 0.250. The molecule has 0 saturated heterocycles. The van der Waals surface area contributed by atoms with Gasteiger partial charge in [0.1, 0.15) is 23.2 Å². The van der Waals surface area contributed by atoms with Crippen LogP contribution >= 0.6 is 0 Å². The maximum atomic E-state index is 13.3. The number of carbonyl (C=O) groups excluding carboxylic acids is 1. The zero-order valence-corrected chi connectivity index (χ0v) is 14.8. The molecule has 0 radical (unpaired) electrons. The highest BCUT2D eigenvalue weighted by Crippen LogP contribution is 2.22. The van der Waals surface area contributed by atoms with Gasteiger partial charge in [-0.3, -0.25) is 9.59 Å². The third kappa shape index (κ3) is 3.28. The van der Waals surface area contributed by atoms with Crippen molar-refractivity contribution in [2.45, 2.75) is 25.3 Å². The van der Waals surface area contributed by atoms with E-state index in [1.54, 1.807) is 35.2 Å². The number of amides is 1. The quantitative estimate of drug-likeness (QED) is 0.743. The van der Waals surface area contributed by atoms with E-state index in [1.165, 1.54) is 12.1 Å². The summed E-state index contributed by atoms with van der Waals surface area (Å²) in [6.45, 7) is 0. The summed E-state index contributed by atoms with van der Waals surface area (Å²) in [6, 6.07) is 6.94. The van der Waals surface area contributed by atoms with E-state index < -0.39 is 17.5 Å². The van der Waals surface area contributed by atoms with Crippen LogP contribution in [0.5, 0.6) is 0 Å². The molecule has 1 aliphatic carbocycles. The van der Waals surface area contributed by atoms with Gasteiger partial charge in [0.2, 0.25) is 0 Å². The van der Waals surface area contributed by atoms with E-state index in [4.69, 9.17) is 0 Å². The number of carbonyl (C=O) groups is 1. The Labute approximate surface area is 155 Å². The fourth-order valence-corrected chi connectivity index (χ4v) is 3.50. The molecule has 0 aliphatic heterocycles. The number of hydrogen-bond acceptors (Lipinski definition) is 3. The minimum atomic E-state index is -0.606. The summed E-state index contributed by atoms with van der Waals surface area (Å²) >= 11 is 0. The van der Waals surface area contributed by atoms with Crippen LogP contribution in [0.3, 0.4) is 0 Å². The maximum absolute atomic E-state index is 13.3. The number of aromatic nitrogens is 3. The minimum Gasteiger partial charge on any atom is -0.338 e. The molecular weight excluding hydrogens is 347 g/mol. The molecule has 2 aromatic heterocycles. The Balaban J connectivity index is 1.70. The van der Waals surface area contributed by atoms with Crippen molar-refractivity contribution in [2.75, 3.05) is 0 Å². The molecule has 3 aromatic rings. The SMILES string of the molecule is Cn1ccnc1[C@H](NC(=O)c1cc2c([nH]c1=O)CCC2)c1ccc(F)cc1. The Bertz CT molecular complexity index is 1050. The van der Waals surface area contributed by atoms with Gasteiger partial charge in [0.25, 0.3) is 11.5 Å². The number of hydrogen-bond donors (Lipinski definition) is 2. The van der Waals surface area contributed by atoms with Gasteiger partial charge in [0.15, 0.2) is 0 Å². The molecule has 7 heteroatoms. The number of nitrogens with one attached hydrogen (secondary N) is 2. The number of rotatable bonds is 4. The number of aryl methyl sites for hydroxylation is 3. The summed E-state index contributed by atoms with van der Waals surface area (Å²) in [7, 11) is 1.81. The summed E-state index contributed by atoms with van der Waals surface area (Å²) in [5, 5.41) is 2.88. The number of aromatic amines is 1. The lowest BCUT2D eigenvalue weighted by Gasteiger charge is -2.19. The first-order valence-corrected chi connectivity index (χ1v) is 8.81. The van der Waals surface area contributed by atoms with Gasteiger partial charge >= 0.3 is 0 Å². The molecule has 0 spiro atoms. The van der Waals surface area contributed by atoms with Crippen LogP contribution in [0.25, 0.3) is 0 Å². The predicted octanol–water partition coefficient (Wildman–Crippen LogP) is 2.26. The van der Waals surface area contributed by atoms with E-state index in [0.717, 1.165) is 30.5 Å². The van der Waals surface area contributed by atoms with E-state index in [0.29, 0.717) is 11.4 Å². The van der Waals surface area contributed by atoms with Gasteiger partial charge in [0, 0.05) is 25.1 Å². The van der Waals surface area contributed by atoms with Crippen molar-refractivity contribution in [1.29, 1.82) is 0 Å². The topological polar surface area (TPSA) is 79.8 Å². The van der Waals surface area contributed by atoms with Crippen LogP contribution in [0.15, 0.2) is 47.5 Å². The lowest BCUT2D eigenvalue weighted by atomic mass is 10.0. The summed E-state index contributed by atoms with van der Waals surface area (Å²) in [6.07, 6.45) is 6.05. The third-order valence-corrected chi connectivity index (χ3v) is 4.93. The van der Waals surface area contributed by atoms with E-state index in [1.807, 2.05) is 7.05 Å². The largest absolute Gasteiger partial charge is 0.338 e. The molecule has 0 unspecified atom stereocenters. The second-order valence-corrected chi connectivity index (χ2v) is 6.72. The first kappa shape index (κ1) is 17.2. The lowest BCUT2D eigenvalue weighted by molar-refractivity contribution is 0.0939. The summed E-state index contributed by atoms with van der Waals surface area (Å²) in [5.41, 5.74) is 2.28. The molecule has 1 aromatic carbocycles. The van der Waals surface area contributed by atoms with Crippen molar-refractivity contribution in [3.8, 4) is 0 Å². The van der Waals surface area contributed by atoms with E-state index >= 15 is 0 Å². The fourth-order valence-electron chi connectivity index (χ4n) is 3.50. The Morgan fingerprint density at radius 1 is 1.30 bits per heavy atom. The Hall–Kier alpha value is -3.22. The summed E-state index contributed by atoms with van der Waals surface area (Å²) < 4.78 is 15.1. The Kier molecular flexibility index (Phi) is 4.35. The molecule has 6 nitrogen and oxygen atoms in total. The summed E-state index contributed by atoms with van der Waals surface area (Å²) in [5.74, 6) is -0.255. The van der Waals surface area contributed by atoms with Gasteiger partial charge in [-0.1, -0.05) is 12.1 Å². The lowest BCUT2D eigenvalue weighted by Crippen LogP contribution is -2.35. The van der Waals surface area contributed by atoms with E-state index in [-0.39, 0.29) is 11.4 Å². The van der Waals surface area contributed by atoms with Gasteiger partial charge in [0.05, 0.1) is 0 Å². The van der Waals surface area contributed by atoms with Crippen LogP contribution in [-0.2, 0) is 19.9 Å². The number of nitrogens with zero attached hydrogens (tertiary/aromatic N) is 2. The van der Waals surface area contributed by atoms with Crippen molar-refractivity contribution in [3.05, 3.63) is 87.1 Å². The predicted molar refractivity (Wildman–Crippen MR) is 98.0 cm³/mol. The average Bonchev–Trinajstić information content (AvgIpc) is 3.28. The minimum absolute atomic E-state index is 0.0805. The highest BCUT2D eigenvalue weighted by molar-refractivity contribution is 5.94. The van der Waals surface area contributed by atoms with Gasteiger partial charge in [-0.05, 0) is 48.6 Å². The molecule has 0 bridgehead atoms. The third-order valence-electron chi connectivity index (χ3n) is 4.93. The first-order chi connectivity index (χ1) is 13.0. The van der Waals surface area contributed by atoms with Gasteiger partial charge in [-0.15, -0.1) is 0 Å². The van der Waals surface area contributed by atoms with Crippen molar-refractivity contribution < 1.29 is 9.18 Å². The zero-order valence-electron chi connectivity index (χ0n) is 14.8. The van der Waals surface area contributed by atoms with Crippen molar-refractivity contribution >= 4 is 5.91 Å². The van der Waals surface area contributed by atoms with Crippen LogP contribution in [-0.4, -0.2) is 20.4 Å². The monoisotopic (exact) mass is 366 g/mol. The number of fused-ring (bicyclic) bond motifs is 1. The maximum Gasteiger partial charge on any atom is 0.261 e. The van der Waals surface area contributed by atoms with Crippen LogP contribution < -0.4 is 10.9 Å². The molecule has 2 heterocycles. The number of halogens is 1. The van der Waals surface area contributed by atoms with E-state index in [2.05, 4.69) is 15.3 Å². The van der Waals surface area contributed by atoms with Crippen molar-refractivity contribution in [1.82, 2.24) is 19.9 Å². The second-order valence-electron chi connectivity index (χ2n) is 6.72. The zero-order chi connectivity index (χ0) is 19.0. The Morgan fingerprint density at radius 2 is 2.07 bits per heavy atom. The molecule has 2 N–H and O–H groups in total. The highest BCUT2D eigenvalue weighted by atomic mass is 19.1. The summed E-state index contributed by atoms with van der Waals surface area (Å²) in [4.78, 5) is 32.4. The normalized spacial score (nSPS) is 14.0. The van der Waals surface area contributed by atoms with Gasteiger partial charge in [-0.25, -0.2) is 9.37 Å². The average molecular weight is 366 g/mol. The molecule has 138 valence electrons. The second kappa shape index (κ2) is 6.83. The number of benzene rings is 1. The number of H-pyrrole nitrogens is 1. The van der Waals surface area contributed by atoms with Gasteiger partial charge in [-0.2, -0.15) is 0 Å². The van der Waals surface area contributed by atoms with Crippen molar-refractivity contribution in [3.63, 3.8) is 0 Å². The molecule has 0 saturated carbocycles. The van der Waals surface area contributed by atoms with Crippen LogP contribution in [0.2, 0.25) is 0 Å². The standard InChI is InChI=1S/C20H19FN4O2/c1-25-10-9-22-18(25)17(12-5-7-14(21)8-6-12)24-20(27)15-11-13-3-2-4-16(13)23-19(15)26/h5-11,17H,2-4H2,1H3,(H,23,26)(H,24,27)/t17-/m1/s1. The van der Waals surface area contributed by atoms with Gasteiger partial charge < -0.3 is 14.9 Å². The molecular formula is C20H19FN4O2. The molecule has 1 atom stereocenters. The van der Waals surface area contributed by atoms with Crippen LogP contribution in [0, 0.1) is 5.82 Å². The molecule has 0 fully saturated rings. The molecule has 4 rings (SSSR count). The number of imidazole rings is 1. The van der Waals surface area contributed by atoms with E-state index in [9.17, 15) is 14.0 Å². The number of pyridine rings is 1.